The molecular formula is C13H17NO3. The lowest BCUT2D eigenvalue weighted by Gasteiger charge is -2.24. The SMILES string of the molecule is CC(=O)NC1=C(C(C)=O)C(C(C)=O)=CCC1C. The fourth-order valence-electron chi connectivity index (χ4n) is 1.98. The van der Waals surface area contributed by atoms with Gasteiger partial charge in [0.25, 0.3) is 0 Å². The summed E-state index contributed by atoms with van der Waals surface area (Å²) in [5.74, 6) is -0.525. The van der Waals surface area contributed by atoms with Crippen LogP contribution in [0.5, 0.6) is 0 Å². The first-order valence-corrected chi connectivity index (χ1v) is 5.58. The van der Waals surface area contributed by atoms with Crippen molar-refractivity contribution in [2.24, 2.45) is 5.92 Å². The van der Waals surface area contributed by atoms with Crippen molar-refractivity contribution in [3.05, 3.63) is 22.9 Å². The molecule has 0 aromatic rings. The molecule has 0 fully saturated rings. The van der Waals surface area contributed by atoms with Gasteiger partial charge in [-0.3, -0.25) is 14.4 Å². The van der Waals surface area contributed by atoms with Gasteiger partial charge in [-0.05, 0) is 20.3 Å². The van der Waals surface area contributed by atoms with Crippen LogP contribution in [-0.2, 0) is 14.4 Å². The molecule has 0 bridgehead atoms. The molecule has 4 nitrogen and oxygen atoms in total. The molecule has 17 heavy (non-hydrogen) atoms. The summed E-state index contributed by atoms with van der Waals surface area (Å²) >= 11 is 0. The van der Waals surface area contributed by atoms with Gasteiger partial charge in [0.05, 0.1) is 0 Å². The predicted octanol–water partition coefficient (Wildman–Crippen LogP) is 1.52. The maximum absolute atomic E-state index is 11.6. The van der Waals surface area contributed by atoms with Gasteiger partial charge >= 0.3 is 0 Å². The number of amides is 1. The highest BCUT2D eigenvalue weighted by Crippen LogP contribution is 2.29. The van der Waals surface area contributed by atoms with E-state index >= 15 is 0 Å². The van der Waals surface area contributed by atoms with E-state index in [2.05, 4.69) is 5.32 Å². The van der Waals surface area contributed by atoms with Crippen LogP contribution in [0.25, 0.3) is 0 Å². The Labute approximate surface area is 101 Å². The van der Waals surface area contributed by atoms with Crippen molar-refractivity contribution in [2.45, 2.75) is 34.1 Å². The molecule has 1 rings (SSSR count). The highest BCUT2D eigenvalue weighted by molar-refractivity contribution is 6.12. The smallest absolute Gasteiger partial charge is 0.221 e. The molecule has 0 aromatic carbocycles. The van der Waals surface area contributed by atoms with Crippen molar-refractivity contribution >= 4 is 17.5 Å². The van der Waals surface area contributed by atoms with Crippen molar-refractivity contribution in [1.29, 1.82) is 0 Å². The van der Waals surface area contributed by atoms with Crippen molar-refractivity contribution in [3.8, 4) is 0 Å². The largest absolute Gasteiger partial charge is 0.329 e. The third-order valence-electron chi connectivity index (χ3n) is 2.75. The zero-order valence-corrected chi connectivity index (χ0v) is 10.6. The summed E-state index contributed by atoms with van der Waals surface area (Å²) in [6.07, 6.45) is 2.43. The van der Waals surface area contributed by atoms with E-state index in [4.69, 9.17) is 0 Å². The molecule has 4 heteroatoms. The lowest BCUT2D eigenvalue weighted by molar-refractivity contribution is -0.118. The minimum absolute atomic E-state index is 0.0425. The second-order valence-corrected chi connectivity index (χ2v) is 4.34. The van der Waals surface area contributed by atoms with E-state index in [9.17, 15) is 14.4 Å². The standard InChI is InChI=1S/C13H17NO3/c1-7-5-6-11(8(2)15)12(9(3)16)13(7)14-10(4)17/h6-7H,5H2,1-4H3,(H,14,17). The van der Waals surface area contributed by atoms with Gasteiger partial charge < -0.3 is 5.32 Å². The van der Waals surface area contributed by atoms with Crippen molar-refractivity contribution in [1.82, 2.24) is 5.32 Å². The first kappa shape index (κ1) is 13.4. The molecule has 0 radical (unpaired) electrons. The third kappa shape index (κ3) is 2.90. The molecule has 92 valence electrons. The van der Waals surface area contributed by atoms with E-state index < -0.39 is 0 Å². The lowest BCUT2D eigenvalue weighted by Crippen LogP contribution is -2.30. The summed E-state index contributed by atoms with van der Waals surface area (Å²) in [6, 6.07) is 0. The Morgan fingerprint density at radius 3 is 2.18 bits per heavy atom. The van der Waals surface area contributed by atoms with Crippen LogP contribution >= 0.6 is 0 Å². The maximum Gasteiger partial charge on any atom is 0.221 e. The van der Waals surface area contributed by atoms with Gasteiger partial charge in [-0.25, -0.2) is 0 Å². The number of hydrogen-bond donors (Lipinski definition) is 1. The normalized spacial score (nSPS) is 19.8. The van der Waals surface area contributed by atoms with Gasteiger partial charge in [-0.2, -0.15) is 0 Å². The van der Waals surface area contributed by atoms with Crippen molar-refractivity contribution in [2.75, 3.05) is 0 Å². The fourth-order valence-corrected chi connectivity index (χ4v) is 1.98. The Kier molecular flexibility index (Phi) is 3.99. The monoisotopic (exact) mass is 235 g/mol. The van der Waals surface area contributed by atoms with Crippen LogP contribution in [0.3, 0.4) is 0 Å². The highest BCUT2D eigenvalue weighted by atomic mass is 16.1. The van der Waals surface area contributed by atoms with Gasteiger partial charge in [0.1, 0.15) is 0 Å². The molecular weight excluding hydrogens is 218 g/mol. The molecule has 1 N–H and O–H groups in total. The Hall–Kier alpha value is -1.71. The number of carbonyl (C=O) groups excluding carboxylic acids is 3. The second kappa shape index (κ2) is 5.08. The van der Waals surface area contributed by atoms with Crippen LogP contribution in [-0.4, -0.2) is 17.5 Å². The summed E-state index contributed by atoms with van der Waals surface area (Å²) in [6.45, 7) is 6.15. The molecule has 1 aliphatic rings. The molecule has 0 heterocycles. The number of ketones is 2. The Balaban J connectivity index is 3.32. The van der Waals surface area contributed by atoms with Crippen LogP contribution in [0.15, 0.2) is 22.9 Å². The summed E-state index contributed by atoms with van der Waals surface area (Å²) in [7, 11) is 0. The van der Waals surface area contributed by atoms with E-state index in [0.29, 0.717) is 23.3 Å². The second-order valence-electron chi connectivity index (χ2n) is 4.34. The lowest BCUT2D eigenvalue weighted by atomic mass is 9.84. The molecule has 1 unspecified atom stereocenters. The van der Waals surface area contributed by atoms with Gasteiger partial charge in [0.2, 0.25) is 5.91 Å². The molecule has 1 aliphatic carbocycles. The van der Waals surface area contributed by atoms with E-state index in [1.165, 1.54) is 20.8 Å². The van der Waals surface area contributed by atoms with Crippen LogP contribution in [0.4, 0.5) is 0 Å². The summed E-state index contributed by atoms with van der Waals surface area (Å²) in [4.78, 5) is 34.3. The number of carbonyl (C=O) groups is 3. The van der Waals surface area contributed by atoms with Crippen molar-refractivity contribution in [3.63, 3.8) is 0 Å². The molecule has 0 saturated carbocycles. The maximum atomic E-state index is 11.6. The summed E-state index contributed by atoms with van der Waals surface area (Å²) in [5.41, 5.74) is 1.34. The van der Waals surface area contributed by atoms with E-state index in [-0.39, 0.29) is 23.4 Å². The first-order chi connectivity index (χ1) is 7.84. The summed E-state index contributed by atoms with van der Waals surface area (Å²) < 4.78 is 0. The van der Waals surface area contributed by atoms with Crippen LogP contribution < -0.4 is 5.32 Å². The molecule has 1 amide bonds. The average molecular weight is 235 g/mol. The summed E-state index contributed by atoms with van der Waals surface area (Å²) in [5, 5.41) is 2.67. The van der Waals surface area contributed by atoms with Crippen molar-refractivity contribution < 1.29 is 14.4 Å². The zero-order valence-electron chi connectivity index (χ0n) is 10.6. The predicted molar refractivity (Wildman–Crippen MR) is 64.1 cm³/mol. The van der Waals surface area contributed by atoms with E-state index in [1.807, 2.05) is 6.92 Å². The first-order valence-electron chi connectivity index (χ1n) is 5.58. The highest BCUT2D eigenvalue weighted by Gasteiger charge is 2.27. The van der Waals surface area contributed by atoms with Gasteiger partial charge in [-0.1, -0.05) is 13.0 Å². The molecule has 0 aliphatic heterocycles. The Morgan fingerprint density at radius 2 is 1.76 bits per heavy atom. The van der Waals surface area contributed by atoms with Crippen LogP contribution in [0.1, 0.15) is 34.1 Å². The van der Waals surface area contributed by atoms with Gasteiger partial charge in [-0.15, -0.1) is 0 Å². The minimum atomic E-state index is -0.226. The van der Waals surface area contributed by atoms with Gasteiger partial charge in [0, 0.05) is 29.7 Å². The zero-order chi connectivity index (χ0) is 13.2. The topological polar surface area (TPSA) is 63.2 Å². The third-order valence-corrected chi connectivity index (χ3v) is 2.75. The number of nitrogens with one attached hydrogen (secondary N) is 1. The van der Waals surface area contributed by atoms with E-state index in [1.54, 1.807) is 6.08 Å². The van der Waals surface area contributed by atoms with Gasteiger partial charge in [0.15, 0.2) is 11.6 Å². The number of hydrogen-bond acceptors (Lipinski definition) is 3. The fraction of sp³-hybridized carbons (Fsp3) is 0.462. The number of allylic oxidation sites excluding steroid dienone is 4. The average Bonchev–Trinajstić information content (AvgIpc) is 2.19. The van der Waals surface area contributed by atoms with Crippen LogP contribution in [0, 0.1) is 5.92 Å². The molecule has 0 saturated heterocycles. The minimum Gasteiger partial charge on any atom is -0.329 e. The molecule has 0 spiro atoms. The quantitative estimate of drug-likeness (QED) is 0.806. The van der Waals surface area contributed by atoms with E-state index in [0.717, 1.165) is 0 Å². The Bertz CT molecular complexity index is 444. The van der Waals surface area contributed by atoms with Crippen LogP contribution in [0.2, 0.25) is 0 Å². The number of Topliss-reactive ketones (excluding diaryl/α,β-unsaturated/α-hetero) is 2. The molecule has 1 atom stereocenters. The Morgan fingerprint density at radius 1 is 1.18 bits per heavy atom. The number of rotatable bonds is 3. The molecule has 0 aromatic heterocycles.